The molecule has 0 heterocycles. The fourth-order valence-corrected chi connectivity index (χ4v) is 3.97. The highest BCUT2D eigenvalue weighted by molar-refractivity contribution is 5.99. The van der Waals surface area contributed by atoms with Crippen LogP contribution in [0.4, 0.5) is 4.39 Å². The molecule has 1 unspecified atom stereocenters. The molecule has 0 fully saturated rings. The molecule has 0 aliphatic rings. The minimum absolute atomic E-state index is 0.0748. The Labute approximate surface area is 193 Å². The van der Waals surface area contributed by atoms with Crippen molar-refractivity contribution in [1.29, 1.82) is 0 Å². The van der Waals surface area contributed by atoms with E-state index in [1.807, 2.05) is 36.4 Å². The summed E-state index contributed by atoms with van der Waals surface area (Å²) in [6.45, 7) is 2.75. The maximum atomic E-state index is 14.2. The SMILES string of the molecule is COC(=O)c1cc(-c2cc(CNC(C)c3cccc(OC)c3)cc3ccccc23)ccc1F. The molecule has 1 N–H and O–H groups in total. The minimum atomic E-state index is -0.691. The van der Waals surface area contributed by atoms with E-state index in [2.05, 4.69) is 36.5 Å². The molecule has 0 amide bonds. The Balaban J connectivity index is 1.68. The highest BCUT2D eigenvalue weighted by atomic mass is 19.1. The Kier molecular flexibility index (Phi) is 6.71. The summed E-state index contributed by atoms with van der Waals surface area (Å²) in [5.41, 5.74) is 3.84. The summed E-state index contributed by atoms with van der Waals surface area (Å²) in [4.78, 5) is 12.0. The van der Waals surface area contributed by atoms with E-state index in [0.29, 0.717) is 6.54 Å². The van der Waals surface area contributed by atoms with Crippen LogP contribution < -0.4 is 10.1 Å². The Morgan fingerprint density at radius 2 is 1.79 bits per heavy atom. The number of carbonyl (C=O) groups is 1. The normalized spacial score (nSPS) is 11.9. The van der Waals surface area contributed by atoms with Crippen LogP contribution in [0.25, 0.3) is 21.9 Å². The summed E-state index contributed by atoms with van der Waals surface area (Å²) < 4.78 is 24.3. The van der Waals surface area contributed by atoms with Crippen LogP contribution in [-0.4, -0.2) is 20.2 Å². The fourth-order valence-electron chi connectivity index (χ4n) is 3.97. The van der Waals surface area contributed by atoms with E-state index in [-0.39, 0.29) is 11.6 Å². The van der Waals surface area contributed by atoms with Gasteiger partial charge in [-0.15, -0.1) is 0 Å². The molecule has 5 heteroatoms. The molecule has 1 atom stereocenters. The zero-order valence-electron chi connectivity index (χ0n) is 18.9. The molecule has 0 aliphatic carbocycles. The molecule has 4 aromatic carbocycles. The van der Waals surface area contributed by atoms with Crippen LogP contribution in [-0.2, 0) is 11.3 Å². The Morgan fingerprint density at radius 3 is 2.58 bits per heavy atom. The van der Waals surface area contributed by atoms with E-state index in [4.69, 9.17) is 9.47 Å². The lowest BCUT2D eigenvalue weighted by Crippen LogP contribution is -2.18. The lowest BCUT2D eigenvalue weighted by molar-refractivity contribution is 0.0595. The maximum absolute atomic E-state index is 14.2. The molecule has 0 saturated carbocycles. The average molecular weight is 444 g/mol. The number of methoxy groups -OCH3 is 2. The molecule has 4 rings (SSSR count). The second kappa shape index (κ2) is 9.84. The molecule has 0 bridgehead atoms. The van der Waals surface area contributed by atoms with Crippen molar-refractivity contribution in [2.24, 2.45) is 0 Å². The first-order valence-corrected chi connectivity index (χ1v) is 10.8. The van der Waals surface area contributed by atoms with Gasteiger partial charge in [-0.05, 0) is 76.3 Å². The highest BCUT2D eigenvalue weighted by Crippen LogP contribution is 2.32. The molecule has 4 aromatic rings. The quantitative estimate of drug-likeness (QED) is 0.341. The van der Waals surface area contributed by atoms with E-state index in [9.17, 15) is 9.18 Å². The van der Waals surface area contributed by atoms with Crippen molar-refractivity contribution in [1.82, 2.24) is 5.32 Å². The van der Waals surface area contributed by atoms with E-state index < -0.39 is 11.8 Å². The molecule has 0 aliphatic heterocycles. The van der Waals surface area contributed by atoms with Gasteiger partial charge in [0.05, 0.1) is 19.8 Å². The third-order valence-corrected chi connectivity index (χ3v) is 5.81. The van der Waals surface area contributed by atoms with E-state index in [1.165, 1.54) is 13.2 Å². The molecule has 4 nitrogen and oxygen atoms in total. The molecule has 0 spiro atoms. The molecule has 0 aromatic heterocycles. The lowest BCUT2D eigenvalue weighted by atomic mass is 9.94. The van der Waals surface area contributed by atoms with Gasteiger partial charge in [-0.1, -0.05) is 42.5 Å². The van der Waals surface area contributed by atoms with Gasteiger partial charge < -0.3 is 14.8 Å². The van der Waals surface area contributed by atoms with Crippen LogP contribution >= 0.6 is 0 Å². The number of ether oxygens (including phenoxy) is 2. The Hall–Kier alpha value is -3.70. The smallest absolute Gasteiger partial charge is 0.340 e. The van der Waals surface area contributed by atoms with Crippen molar-refractivity contribution < 1.29 is 18.7 Å². The number of hydrogen-bond donors (Lipinski definition) is 1. The number of fused-ring (bicyclic) bond motifs is 1. The monoisotopic (exact) mass is 443 g/mol. The number of hydrogen-bond acceptors (Lipinski definition) is 4. The van der Waals surface area contributed by atoms with Gasteiger partial charge in [-0.25, -0.2) is 9.18 Å². The van der Waals surface area contributed by atoms with Crippen LogP contribution in [0, 0.1) is 5.82 Å². The Bertz CT molecular complexity index is 1300. The summed E-state index contributed by atoms with van der Waals surface area (Å²) in [5, 5.41) is 5.67. The molecule has 168 valence electrons. The van der Waals surface area contributed by atoms with Gasteiger partial charge in [0.1, 0.15) is 11.6 Å². The standard InChI is InChI=1S/C28H26FNO3/c1-18(20-8-6-9-23(15-20)32-2)30-17-19-13-21-7-4-5-10-24(21)25(14-19)22-11-12-27(29)26(16-22)28(31)33-3/h4-16,18,30H,17H2,1-3H3. The maximum Gasteiger partial charge on any atom is 0.340 e. The van der Waals surface area contributed by atoms with Crippen LogP contribution in [0.1, 0.15) is 34.5 Å². The Morgan fingerprint density at radius 1 is 0.970 bits per heavy atom. The molecular formula is C28H26FNO3. The van der Waals surface area contributed by atoms with Gasteiger partial charge >= 0.3 is 5.97 Å². The largest absolute Gasteiger partial charge is 0.497 e. The van der Waals surface area contributed by atoms with Crippen LogP contribution in [0.3, 0.4) is 0 Å². The third-order valence-electron chi connectivity index (χ3n) is 5.81. The van der Waals surface area contributed by atoms with Crippen LogP contribution in [0.5, 0.6) is 5.75 Å². The summed E-state index contributed by atoms with van der Waals surface area (Å²) in [6.07, 6.45) is 0. The second-order valence-electron chi connectivity index (χ2n) is 7.93. The predicted octanol–water partition coefficient (Wildman–Crippen LogP) is 6.29. The average Bonchev–Trinajstić information content (AvgIpc) is 2.86. The molecule has 0 saturated heterocycles. The summed E-state index contributed by atoms with van der Waals surface area (Å²) in [5.74, 6) is -0.463. The number of benzene rings is 4. The number of nitrogens with one attached hydrogen (secondary N) is 1. The van der Waals surface area contributed by atoms with Gasteiger partial charge in [0.2, 0.25) is 0 Å². The van der Waals surface area contributed by atoms with E-state index in [1.54, 1.807) is 19.2 Å². The van der Waals surface area contributed by atoms with Gasteiger partial charge in [-0.3, -0.25) is 0 Å². The number of esters is 1. The molecule has 0 radical (unpaired) electrons. The van der Waals surface area contributed by atoms with Gasteiger partial charge in [0, 0.05) is 12.6 Å². The van der Waals surface area contributed by atoms with Crippen molar-refractivity contribution in [3.63, 3.8) is 0 Å². The zero-order chi connectivity index (χ0) is 23.4. The van der Waals surface area contributed by atoms with Crippen molar-refractivity contribution in [2.45, 2.75) is 19.5 Å². The number of halogens is 1. The lowest BCUT2D eigenvalue weighted by Gasteiger charge is -2.17. The van der Waals surface area contributed by atoms with Gasteiger partial charge in [-0.2, -0.15) is 0 Å². The molecule has 33 heavy (non-hydrogen) atoms. The first kappa shape index (κ1) is 22.5. The summed E-state index contributed by atoms with van der Waals surface area (Å²) in [6, 6.07) is 25.0. The minimum Gasteiger partial charge on any atom is -0.497 e. The topological polar surface area (TPSA) is 47.6 Å². The number of rotatable bonds is 7. The van der Waals surface area contributed by atoms with Crippen LogP contribution in [0.15, 0.2) is 78.9 Å². The van der Waals surface area contributed by atoms with Crippen LogP contribution in [0.2, 0.25) is 0 Å². The van der Waals surface area contributed by atoms with Crippen molar-refractivity contribution >= 4 is 16.7 Å². The van der Waals surface area contributed by atoms with Crippen molar-refractivity contribution in [2.75, 3.05) is 14.2 Å². The van der Waals surface area contributed by atoms with Crippen molar-refractivity contribution in [3.05, 3.63) is 101 Å². The summed E-state index contributed by atoms with van der Waals surface area (Å²) >= 11 is 0. The van der Waals surface area contributed by atoms with E-state index in [0.717, 1.165) is 38.8 Å². The molecular weight excluding hydrogens is 417 g/mol. The zero-order valence-corrected chi connectivity index (χ0v) is 18.9. The highest BCUT2D eigenvalue weighted by Gasteiger charge is 2.15. The van der Waals surface area contributed by atoms with Crippen molar-refractivity contribution in [3.8, 4) is 16.9 Å². The number of carbonyl (C=O) groups excluding carboxylic acids is 1. The first-order chi connectivity index (χ1) is 16.0. The van der Waals surface area contributed by atoms with Gasteiger partial charge in [0.25, 0.3) is 0 Å². The third kappa shape index (κ3) is 4.89. The fraction of sp³-hybridized carbons (Fsp3) is 0.179. The summed E-state index contributed by atoms with van der Waals surface area (Å²) in [7, 11) is 2.91. The van der Waals surface area contributed by atoms with Gasteiger partial charge in [0.15, 0.2) is 0 Å². The predicted molar refractivity (Wildman–Crippen MR) is 129 cm³/mol. The van der Waals surface area contributed by atoms with E-state index >= 15 is 0 Å². The second-order valence-corrected chi connectivity index (χ2v) is 7.93. The first-order valence-electron chi connectivity index (χ1n) is 10.8.